The molecule has 0 radical (unpaired) electrons. The predicted octanol–water partition coefficient (Wildman–Crippen LogP) is 2.48. The number of ether oxygens (including phenoxy) is 1. The Morgan fingerprint density at radius 3 is 2.79 bits per heavy atom. The van der Waals surface area contributed by atoms with Crippen LogP contribution in [-0.4, -0.2) is 32.3 Å². The topological polar surface area (TPSA) is 24.5 Å². The van der Waals surface area contributed by atoms with Gasteiger partial charge in [-0.15, -0.1) is 0 Å². The number of anilines is 1. The van der Waals surface area contributed by atoms with Crippen molar-refractivity contribution in [2.24, 2.45) is 5.92 Å². The first-order chi connectivity index (χ1) is 9.24. The van der Waals surface area contributed by atoms with Gasteiger partial charge in [0, 0.05) is 25.7 Å². The Labute approximate surface area is 111 Å². The third-order valence-electron chi connectivity index (χ3n) is 3.82. The third kappa shape index (κ3) is 2.97. The van der Waals surface area contributed by atoms with E-state index in [-0.39, 0.29) is 5.75 Å². The number of para-hydroxylation sites is 2. The Morgan fingerprint density at radius 2 is 2.05 bits per heavy atom. The van der Waals surface area contributed by atoms with Crippen molar-refractivity contribution in [3.05, 3.63) is 24.3 Å². The smallest absolute Gasteiger partial charge is 0.387 e. The number of rotatable bonds is 4. The van der Waals surface area contributed by atoms with Gasteiger partial charge in [0.1, 0.15) is 5.75 Å². The normalized spacial score (nSPS) is 23.7. The molecule has 5 heteroatoms. The number of nitrogens with zero attached hydrogens (tertiary/aromatic N) is 1. The molecule has 2 fully saturated rings. The van der Waals surface area contributed by atoms with E-state index < -0.39 is 6.61 Å². The number of alkyl halides is 2. The maximum atomic E-state index is 12.4. The highest BCUT2D eigenvalue weighted by atomic mass is 19.3. The SMILES string of the molecule is FC(F)Oc1ccccc1N1CCNC(C2CC2)C1. The molecule has 1 aliphatic heterocycles. The number of hydrogen-bond donors (Lipinski definition) is 1. The van der Waals surface area contributed by atoms with E-state index in [2.05, 4.69) is 15.0 Å². The van der Waals surface area contributed by atoms with Crippen LogP contribution >= 0.6 is 0 Å². The Hall–Kier alpha value is -1.36. The Bertz CT molecular complexity index is 437. The molecule has 0 spiro atoms. The van der Waals surface area contributed by atoms with Crippen molar-refractivity contribution in [3.8, 4) is 5.75 Å². The van der Waals surface area contributed by atoms with Gasteiger partial charge < -0.3 is 15.0 Å². The lowest BCUT2D eigenvalue weighted by atomic mass is 10.1. The number of benzene rings is 1. The standard InChI is InChI=1S/C14H18F2N2O/c15-14(16)19-13-4-2-1-3-12(13)18-8-7-17-11(9-18)10-5-6-10/h1-4,10-11,14,17H,5-9H2. The van der Waals surface area contributed by atoms with Crippen LogP contribution in [0.15, 0.2) is 24.3 Å². The van der Waals surface area contributed by atoms with Gasteiger partial charge in [-0.1, -0.05) is 12.1 Å². The summed E-state index contributed by atoms with van der Waals surface area (Å²) in [6, 6.07) is 7.53. The molecule has 2 aliphatic rings. The minimum Gasteiger partial charge on any atom is -0.433 e. The summed E-state index contributed by atoms with van der Waals surface area (Å²) in [6.07, 6.45) is 2.56. The molecule has 1 atom stereocenters. The fraction of sp³-hybridized carbons (Fsp3) is 0.571. The van der Waals surface area contributed by atoms with Crippen LogP contribution in [0.4, 0.5) is 14.5 Å². The van der Waals surface area contributed by atoms with Crippen molar-refractivity contribution in [2.45, 2.75) is 25.5 Å². The van der Waals surface area contributed by atoms with Gasteiger partial charge in [-0.05, 0) is 30.9 Å². The second-order valence-corrected chi connectivity index (χ2v) is 5.19. The highest BCUT2D eigenvalue weighted by Gasteiger charge is 2.34. The summed E-state index contributed by atoms with van der Waals surface area (Å²) in [5, 5.41) is 3.51. The van der Waals surface area contributed by atoms with E-state index in [4.69, 9.17) is 0 Å². The van der Waals surface area contributed by atoms with E-state index in [1.54, 1.807) is 12.1 Å². The summed E-state index contributed by atoms with van der Waals surface area (Å²) in [5.74, 6) is 1.03. The zero-order chi connectivity index (χ0) is 13.2. The largest absolute Gasteiger partial charge is 0.433 e. The molecule has 3 nitrogen and oxygen atoms in total. The van der Waals surface area contributed by atoms with Crippen molar-refractivity contribution in [3.63, 3.8) is 0 Å². The lowest BCUT2D eigenvalue weighted by molar-refractivity contribution is -0.0495. The van der Waals surface area contributed by atoms with Gasteiger partial charge >= 0.3 is 6.61 Å². The van der Waals surface area contributed by atoms with E-state index in [9.17, 15) is 8.78 Å². The highest BCUT2D eigenvalue weighted by Crippen LogP contribution is 2.36. The van der Waals surface area contributed by atoms with E-state index in [1.165, 1.54) is 12.8 Å². The van der Waals surface area contributed by atoms with Crippen molar-refractivity contribution in [1.82, 2.24) is 5.32 Å². The summed E-state index contributed by atoms with van der Waals surface area (Å²) >= 11 is 0. The number of hydrogen-bond acceptors (Lipinski definition) is 3. The van der Waals surface area contributed by atoms with Crippen LogP contribution in [0.1, 0.15) is 12.8 Å². The van der Waals surface area contributed by atoms with Crippen molar-refractivity contribution in [1.29, 1.82) is 0 Å². The molecule has 19 heavy (non-hydrogen) atoms. The molecule has 0 aromatic heterocycles. The molecule has 104 valence electrons. The van der Waals surface area contributed by atoms with E-state index in [0.29, 0.717) is 6.04 Å². The van der Waals surface area contributed by atoms with Crippen molar-refractivity contribution >= 4 is 5.69 Å². The summed E-state index contributed by atoms with van der Waals surface area (Å²) in [6.45, 7) is -0.186. The average Bonchev–Trinajstić information content (AvgIpc) is 3.23. The van der Waals surface area contributed by atoms with Crippen LogP contribution in [0, 0.1) is 5.92 Å². The molecule has 0 bridgehead atoms. The predicted molar refractivity (Wildman–Crippen MR) is 69.8 cm³/mol. The molecule has 1 saturated heterocycles. The van der Waals surface area contributed by atoms with Gasteiger partial charge in [0.2, 0.25) is 0 Å². The maximum absolute atomic E-state index is 12.4. The van der Waals surface area contributed by atoms with Gasteiger partial charge in [0.05, 0.1) is 5.69 Å². The molecule has 1 saturated carbocycles. The Morgan fingerprint density at radius 1 is 1.26 bits per heavy atom. The van der Waals surface area contributed by atoms with Crippen LogP contribution in [0.3, 0.4) is 0 Å². The fourth-order valence-electron chi connectivity index (χ4n) is 2.73. The highest BCUT2D eigenvalue weighted by molar-refractivity contribution is 5.59. The summed E-state index contributed by atoms with van der Waals surface area (Å²) in [7, 11) is 0. The molecular formula is C14H18F2N2O. The van der Waals surface area contributed by atoms with Gasteiger partial charge in [-0.25, -0.2) is 0 Å². The first kappa shape index (κ1) is 12.7. The fourth-order valence-corrected chi connectivity index (χ4v) is 2.73. The van der Waals surface area contributed by atoms with Crippen molar-refractivity contribution in [2.75, 3.05) is 24.5 Å². The molecule has 1 aromatic rings. The van der Waals surface area contributed by atoms with Gasteiger partial charge in [0.25, 0.3) is 0 Å². The molecule has 1 aliphatic carbocycles. The van der Waals surface area contributed by atoms with Gasteiger partial charge in [-0.3, -0.25) is 0 Å². The van der Waals surface area contributed by atoms with Gasteiger partial charge in [0.15, 0.2) is 0 Å². The second kappa shape index (κ2) is 5.33. The molecule has 1 unspecified atom stereocenters. The average molecular weight is 268 g/mol. The van der Waals surface area contributed by atoms with Crippen LogP contribution in [-0.2, 0) is 0 Å². The Kier molecular flexibility index (Phi) is 3.55. The van der Waals surface area contributed by atoms with E-state index in [0.717, 1.165) is 31.2 Å². The lowest BCUT2D eigenvalue weighted by Crippen LogP contribution is -2.51. The zero-order valence-corrected chi connectivity index (χ0v) is 10.7. The van der Waals surface area contributed by atoms with E-state index in [1.807, 2.05) is 12.1 Å². The van der Waals surface area contributed by atoms with Crippen LogP contribution in [0.5, 0.6) is 5.75 Å². The van der Waals surface area contributed by atoms with Gasteiger partial charge in [-0.2, -0.15) is 8.78 Å². The zero-order valence-electron chi connectivity index (χ0n) is 10.7. The summed E-state index contributed by atoms with van der Waals surface area (Å²) < 4.78 is 29.5. The Balaban J connectivity index is 1.76. The monoisotopic (exact) mass is 268 g/mol. The molecular weight excluding hydrogens is 250 g/mol. The minimum atomic E-state index is -2.77. The molecule has 1 N–H and O–H groups in total. The molecule has 1 heterocycles. The van der Waals surface area contributed by atoms with E-state index >= 15 is 0 Å². The second-order valence-electron chi connectivity index (χ2n) is 5.19. The van der Waals surface area contributed by atoms with Crippen LogP contribution in [0.2, 0.25) is 0 Å². The molecule has 3 rings (SSSR count). The summed E-state index contributed by atoms with van der Waals surface area (Å²) in [5.41, 5.74) is 0.773. The van der Waals surface area contributed by atoms with Crippen molar-refractivity contribution < 1.29 is 13.5 Å². The third-order valence-corrected chi connectivity index (χ3v) is 3.82. The van der Waals surface area contributed by atoms with Crippen LogP contribution < -0.4 is 15.0 Å². The number of nitrogens with one attached hydrogen (secondary N) is 1. The maximum Gasteiger partial charge on any atom is 0.387 e. The number of halogens is 2. The quantitative estimate of drug-likeness (QED) is 0.908. The van der Waals surface area contributed by atoms with Crippen LogP contribution in [0.25, 0.3) is 0 Å². The lowest BCUT2D eigenvalue weighted by Gasteiger charge is -2.36. The molecule has 0 amide bonds. The molecule has 1 aromatic carbocycles. The first-order valence-electron chi connectivity index (χ1n) is 6.76. The minimum absolute atomic E-state index is 0.272. The summed E-state index contributed by atoms with van der Waals surface area (Å²) in [4.78, 5) is 2.15. The first-order valence-corrected chi connectivity index (χ1v) is 6.76. The number of piperazine rings is 1.